The van der Waals surface area contributed by atoms with Crippen molar-refractivity contribution in [2.75, 3.05) is 0 Å². The number of benzene rings is 1. The number of Topliss-reactive ketones (excluding diaryl/α,β-unsaturated/α-hetero) is 1. The van der Waals surface area contributed by atoms with Gasteiger partial charge in [0, 0.05) is 24.4 Å². The van der Waals surface area contributed by atoms with E-state index in [1.54, 1.807) is 12.1 Å². The second-order valence-electron chi connectivity index (χ2n) is 8.61. The van der Waals surface area contributed by atoms with Gasteiger partial charge in [-0.05, 0) is 64.2 Å². The first-order chi connectivity index (χ1) is 13.1. The summed E-state index contributed by atoms with van der Waals surface area (Å²) >= 11 is 0. The maximum atomic E-state index is 12.8. The second-order valence-corrected chi connectivity index (χ2v) is 8.61. The van der Waals surface area contributed by atoms with Crippen molar-refractivity contribution >= 4 is 11.9 Å². The molecule has 2 unspecified atom stereocenters. The smallest absolute Gasteiger partial charge is 0.410 e. The molecule has 0 radical (unpaired) electrons. The Morgan fingerprint density at radius 3 is 2.39 bits per heavy atom. The fourth-order valence-corrected chi connectivity index (χ4v) is 4.23. The van der Waals surface area contributed by atoms with Crippen LogP contribution < -0.4 is 4.74 Å². The van der Waals surface area contributed by atoms with E-state index in [9.17, 15) is 18.4 Å². The molecular formula is C21H27F2NO4. The molecule has 2 heterocycles. The Bertz CT molecular complexity index is 717. The number of amides is 1. The van der Waals surface area contributed by atoms with Crippen LogP contribution >= 0.6 is 0 Å². The topological polar surface area (TPSA) is 55.8 Å². The molecule has 28 heavy (non-hydrogen) atoms. The number of ketones is 1. The van der Waals surface area contributed by atoms with E-state index in [4.69, 9.17) is 4.74 Å². The summed E-state index contributed by atoms with van der Waals surface area (Å²) in [4.78, 5) is 27.1. The molecule has 0 N–H and O–H groups in total. The Labute approximate surface area is 164 Å². The zero-order valence-electron chi connectivity index (χ0n) is 16.5. The number of fused-ring (bicyclic) bond motifs is 2. The number of nitrogens with zero attached hydrogens (tertiary/aromatic N) is 1. The van der Waals surface area contributed by atoms with Gasteiger partial charge in [-0.2, -0.15) is 8.78 Å². The van der Waals surface area contributed by atoms with Crippen LogP contribution in [0.25, 0.3) is 0 Å². The van der Waals surface area contributed by atoms with Crippen LogP contribution in [-0.2, 0) is 16.0 Å². The molecule has 2 aliphatic heterocycles. The molecule has 1 amide bonds. The minimum absolute atomic E-state index is 0.0241. The van der Waals surface area contributed by atoms with E-state index in [1.807, 2.05) is 25.7 Å². The van der Waals surface area contributed by atoms with Gasteiger partial charge in [-0.3, -0.25) is 4.79 Å². The summed E-state index contributed by atoms with van der Waals surface area (Å²) in [6.45, 7) is 2.64. The van der Waals surface area contributed by atoms with Crippen LogP contribution in [0, 0.1) is 5.92 Å². The summed E-state index contributed by atoms with van der Waals surface area (Å²) in [7, 11) is 0. The third-order valence-electron chi connectivity index (χ3n) is 5.29. The zero-order valence-corrected chi connectivity index (χ0v) is 16.5. The maximum Gasteiger partial charge on any atom is 0.410 e. The Morgan fingerprint density at radius 1 is 1.18 bits per heavy atom. The molecule has 1 aromatic rings. The van der Waals surface area contributed by atoms with Crippen molar-refractivity contribution in [3.8, 4) is 5.75 Å². The van der Waals surface area contributed by atoms with Crippen molar-refractivity contribution in [1.82, 2.24) is 4.90 Å². The number of ether oxygens (including phenoxy) is 2. The fourth-order valence-electron chi connectivity index (χ4n) is 4.23. The highest BCUT2D eigenvalue weighted by molar-refractivity contribution is 5.84. The SMILES string of the molecule is CC(C)(C)OC(=O)N1C2CCC1CC(C(=O)Cc1cccc(OC(F)F)c1)C2. The largest absolute Gasteiger partial charge is 0.444 e. The summed E-state index contributed by atoms with van der Waals surface area (Å²) in [6, 6.07) is 6.32. The minimum atomic E-state index is -2.89. The van der Waals surface area contributed by atoms with Crippen molar-refractivity contribution in [2.45, 2.75) is 77.2 Å². The van der Waals surface area contributed by atoms with Crippen LogP contribution in [0.1, 0.15) is 52.0 Å². The lowest BCUT2D eigenvalue weighted by molar-refractivity contribution is -0.124. The van der Waals surface area contributed by atoms with Crippen LogP contribution in [0.2, 0.25) is 0 Å². The van der Waals surface area contributed by atoms with Crippen LogP contribution in [-0.4, -0.2) is 41.1 Å². The van der Waals surface area contributed by atoms with E-state index in [0.29, 0.717) is 18.4 Å². The van der Waals surface area contributed by atoms with E-state index in [-0.39, 0.29) is 42.0 Å². The number of hydrogen-bond acceptors (Lipinski definition) is 4. The number of carbonyl (C=O) groups is 2. The van der Waals surface area contributed by atoms with Crippen molar-refractivity contribution < 1.29 is 27.8 Å². The molecule has 0 aromatic heterocycles. The van der Waals surface area contributed by atoms with Gasteiger partial charge in [-0.1, -0.05) is 12.1 Å². The normalized spacial score (nSPS) is 24.4. The van der Waals surface area contributed by atoms with E-state index < -0.39 is 12.2 Å². The maximum absolute atomic E-state index is 12.8. The van der Waals surface area contributed by atoms with Crippen molar-refractivity contribution in [1.29, 1.82) is 0 Å². The number of hydrogen-bond donors (Lipinski definition) is 0. The van der Waals surface area contributed by atoms with Crippen molar-refractivity contribution in [2.24, 2.45) is 5.92 Å². The van der Waals surface area contributed by atoms with Crippen LogP contribution in [0.3, 0.4) is 0 Å². The first-order valence-electron chi connectivity index (χ1n) is 9.70. The van der Waals surface area contributed by atoms with Crippen LogP contribution in [0.15, 0.2) is 24.3 Å². The van der Waals surface area contributed by atoms with Gasteiger partial charge >= 0.3 is 12.7 Å². The molecule has 0 saturated carbocycles. The molecule has 3 rings (SSSR count). The Hall–Kier alpha value is -2.18. The van der Waals surface area contributed by atoms with Gasteiger partial charge in [0.15, 0.2) is 0 Å². The zero-order chi connectivity index (χ0) is 20.5. The monoisotopic (exact) mass is 395 g/mol. The predicted octanol–water partition coefficient (Wildman–Crippen LogP) is 4.58. The quantitative estimate of drug-likeness (QED) is 0.732. The standard InChI is InChI=1S/C21H27F2NO4/c1-21(2,3)28-20(26)24-15-7-8-16(24)12-14(11-15)18(25)10-13-5-4-6-17(9-13)27-19(22)23/h4-6,9,14-16,19H,7-8,10-12H2,1-3H3. The Kier molecular flexibility index (Phi) is 5.91. The first kappa shape index (κ1) is 20.6. The van der Waals surface area contributed by atoms with Gasteiger partial charge in [0.05, 0.1) is 0 Å². The molecule has 5 nitrogen and oxygen atoms in total. The van der Waals surface area contributed by atoms with E-state index in [0.717, 1.165) is 12.8 Å². The van der Waals surface area contributed by atoms with Gasteiger partial charge in [0.2, 0.25) is 0 Å². The summed E-state index contributed by atoms with van der Waals surface area (Å²) in [5.41, 5.74) is 0.110. The van der Waals surface area contributed by atoms with E-state index in [2.05, 4.69) is 4.74 Å². The molecule has 1 aromatic carbocycles. The second kappa shape index (κ2) is 8.05. The molecule has 154 valence electrons. The minimum Gasteiger partial charge on any atom is -0.444 e. The third kappa shape index (κ3) is 5.00. The van der Waals surface area contributed by atoms with Gasteiger partial charge in [-0.25, -0.2) is 4.79 Å². The lowest BCUT2D eigenvalue weighted by atomic mass is 9.85. The predicted molar refractivity (Wildman–Crippen MR) is 99.4 cm³/mol. The number of alkyl halides is 2. The molecule has 0 spiro atoms. The lowest BCUT2D eigenvalue weighted by Gasteiger charge is -2.39. The first-order valence-corrected chi connectivity index (χ1v) is 9.70. The van der Waals surface area contributed by atoms with E-state index in [1.165, 1.54) is 12.1 Å². The molecule has 2 fully saturated rings. The molecule has 2 atom stereocenters. The average Bonchev–Trinajstić information content (AvgIpc) is 2.83. The summed E-state index contributed by atoms with van der Waals surface area (Å²) in [6.07, 6.45) is 2.89. The van der Waals surface area contributed by atoms with Crippen molar-refractivity contribution in [3.63, 3.8) is 0 Å². The Morgan fingerprint density at radius 2 is 1.82 bits per heavy atom. The molecule has 2 aliphatic rings. The van der Waals surface area contributed by atoms with Gasteiger partial charge < -0.3 is 14.4 Å². The number of rotatable bonds is 5. The highest BCUT2D eigenvalue weighted by atomic mass is 19.3. The molecule has 0 aliphatic carbocycles. The molecular weight excluding hydrogens is 368 g/mol. The van der Waals surface area contributed by atoms with Gasteiger partial charge in [0.25, 0.3) is 0 Å². The number of piperidine rings is 1. The van der Waals surface area contributed by atoms with Gasteiger partial charge in [0.1, 0.15) is 17.1 Å². The summed E-state index contributed by atoms with van der Waals surface area (Å²) in [5.74, 6) is 0.00547. The highest BCUT2D eigenvalue weighted by Crippen LogP contribution is 2.40. The summed E-state index contributed by atoms with van der Waals surface area (Å²) in [5, 5.41) is 0. The van der Waals surface area contributed by atoms with Crippen molar-refractivity contribution in [3.05, 3.63) is 29.8 Å². The summed E-state index contributed by atoms with van der Waals surface area (Å²) < 4.78 is 34.7. The van der Waals surface area contributed by atoms with Gasteiger partial charge in [-0.15, -0.1) is 0 Å². The third-order valence-corrected chi connectivity index (χ3v) is 5.29. The molecule has 2 saturated heterocycles. The number of halogens is 2. The molecule has 2 bridgehead atoms. The van der Waals surface area contributed by atoms with Crippen LogP contribution in [0.5, 0.6) is 5.75 Å². The molecule has 7 heteroatoms. The van der Waals surface area contributed by atoms with Crippen LogP contribution in [0.4, 0.5) is 13.6 Å². The lowest BCUT2D eigenvalue weighted by Crippen LogP contribution is -2.49. The fraction of sp³-hybridized carbons (Fsp3) is 0.619. The van der Waals surface area contributed by atoms with E-state index >= 15 is 0 Å². The highest BCUT2D eigenvalue weighted by Gasteiger charge is 2.46. The number of carbonyl (C=O) groups excluding carboxylic acids is 2. The Balaban J connectivity index is 1.61. The average molecular weight is 395 g/mol.